The van der Waals surface area contributed by atoms with Gasteiger partial charge in [-0.1, -0.05) is 25.4 Å². The van der Waals surface area contributed by atoms with Gasteiger partial charge in [0.25, 0.3) is 0 Å². The minimum atomic E-state index is -0.719. The fraction of sp³-hybridized carbons (Fsp3) is 0.471. The zero-order valence-electron chi connectivity index (χ0n) is 15.2. The summed E-state index contributed by atoms with van der Waals surface area (Å²) in [7, 11) is 0. The number of carbonyl (C=O) groups is 3. The molecule has 0 aliphatic heterocycles. The van der Waals surface area contributed by atoms with E-state index in [1.165, 1.54) is 0 Å². The molecular formula is C17H22ClNNaO6+. The van der Waals surface area contributed by atoms with Crippen LogP contribution in [-0.2, 0) is 19.1 Å². The van der Waals surface area contributed by atoms with Crippen LogP contribution in [0.15, 0.2) is 24.3 Å². The minimum absolute atomic E-state index is 0. The normalized spacial score (nSPS) is 10.9. The Labute approximate surface area is 180 Å². The molecule has 1 rings (SSSR count). The van der Waals surface area contributed by atoms with E-state index in [0.717, 1.165) is 0 Å². The number of esters is 2. The molecule has 0 spiro atoms. The van der Waals surface area contributed by atoms with Crippen molar-refractivity contribution < 1.29 is 58.2 Å². The smallest absolute Gasteiger partial charge is 0.428 e. The zero-order chi connectivity index (χ0) is 18.7. The average Bonchev–Trinajstić information content (AvgIpc) is 2.60. The monoisotopic (exact) mass is 394 g/mol. The molecule has 0 bridgehead atoms. The second-order valence-electron chi connectivity index (χ2n) is 5.28. The van der Waals surface area contributed by atoms with Gasteiger partial charge in [0.2, 0.25) is 6.79 Å². The summed E-state index contributed by atoms with van der Waals surface area (Å²) in [6.45, 7) is 3.38. The molecule has 1 N–H and O–H groups in total. The second kappa shape index (κ2) is 13.9. The molecule has 1 aromatic carbocycles. The van der Waals surface area contributed by atoms with E-state index in [4.69, 9.17) is 25.8 Å². The maximum Gasteiger partial charge on any atom is 1.00 e. The van der Waals surface area contributed by atoms with E-state index in [1.54, 1.807) is 31.2 Å². The summed E-state index contributed by atoms with van der Waals surface area (Å²) in [6.07, 6.45) is 0.444. The first kappa shape index (κ1) is 24.7. The van der Waals surface area contributed by atoms with Gasteiger partial charge in [0, 0.05) is 18.0 Å². The maximum absolute atomic E-state index is 11.6. The summed E-state index contributed by atoms with van der Waals surface area (Å²) in [4.78, 5) is 34.4. The first-order valence-corrected chi connectivity index (χ1v) is 8.33. The summed E-state index contributed by atoms with van der Waals surface area (Å²) in [6, 6.07) is 6.43. The maximum atomic E-state index is 11.6. The molecule has 0 heterocycles. The Kier molecular flexibility index (Phi) is 13.2. The van der Waals surface area contributed by atoms with E-state index in [1.807, 2.05) is 6.92 Å². The summed E-state index contributed by atoms with van der Waals surface area (Å²) < 4.78 is 14.6. The molecule has 9 heteroatoms. The summed E-state index contributed by atoms with van der Waals surface area (Å²) >= 11 is 5.74. The molecule has 26 heavy (non-hydrogen) atoms. The molecule has 1 atom stereocenters. The van der Waals surface area contributed by atoms with E-state index < -0.39 is 24.8 Å². The van der Waals surface area contributed by atoms with Gasteiger partial charge in [-0.3, -0.25) is 9.59 Å². The van der Waals surface area contributed by atoms with Gasteiger partial charge >= 0.3 is 47.6 Å². The predicted molar refractivity (Wildman–Crippen MR) is 91.2 cm³/mol. The standard InChI is InChI=1S/C17H22ClNO6.Na/c1-3-12(2)16(21)23-11-24-17(22)19-10-4-5-15(20)25-14-8-6-13(18)7-9-14;/h6-9,12H,3-5,10-11H2,1-2H3,(H,19,22);/q;+1. The van der Waals surface area contributed by atoms with Crippen molar-refractivity contribution in [3.8, 4) is 5.75 Å². The van der Waals surface area contributed by atoms with E-state index in [0.29, 0.717) is 23.6 Å². The molecule has 138 valence electrons. The third kappa shape index (κ3) is 10.7. The predicted octanol–water partition coefficient (Wildman–Crippen LogP) is 0.303. The number of amides is 1. The van der Waals surface area contributed by atoms with Crippen LogP contribution in [0, 0.1) is 5.92 Å². The van der Waals surface area contributed by atoms with Crippen LogP contribution in [0.4, 0.5) is 4.79 Å². The number of carbonyl (C=O) groups excluding carboxylic acids is 3. The molecule has 1 unspecified atom stereocenters. The Bertz CT molecular complexity index is 581. The van der Waals surface area contributed by atoms with Crippen molar-refractivity contribution in [1.29, 1.82) is 0 Å². The van der Waals surface area contributed by atoms with Crippen molar-refractivity contribution in [1.82, 2.24) is 5.32 Å². The first-order valence-electron chi connectivity index (χ1n) is 7.96. The van der Waals surface area contributed by atoms with Gasteiger partial charge in [0.05, 0.1) is 5.92 Å². The Morgan fingerprint density at radius 3 is 2.42 bits per heavy atom. The Morgan fingerprint density at radius 2 is 1.81 bits per heavy atom. The van der Waals surface area contributed by atoms with Crippen molar-refractivity contribution in [2.75, 3.05) is 13.3 Å². The third-order valence-electron chi connectivity index (χ3n) is 3.28. The molecule has 0 aliphatic rings. The fourth-order valence-electron chi connectivity index (χ4n) is 1.61. The number of ether oxygens (including phenoxy) is 3. The van der Waals surface area contributed by atoms with Crippen LogP contribution in [-0.4, -0.2) is 31.4 Å². The van der Waals surface area contributed by atoms with Crippen molar-refractivity contribution in [2.45, 2.75) is 33.1 Å². The van der Waals surface area contributed by atoms with Gasteiger partial charge in [-0.2, -0.15) is 0 Å². The van der Waals surface area contributed by atoms with Crippen molar-refractivity contribution in [2.24, 2.45) is 5.92 Å². The van der Waals surface area contributed by atoms with Gasteiger partial charge in [0.15, 0.2) is 0 Å². The Morgan fingerprint density at radius 1 is 1.15 bits per heavy atom. The van der Waals surface area contributed by atoms with Crippen LogP contribution in [0.5, 0.6) is 5.75 Å². The molecule has 0 aliphatic carbocycles. The number of alkyl carbamates (subject to hydrolysis) is 1. The number of hydrogen-bond acceptors (Lipinski definition) is 6. The number of benzene rings is 1. The van der Waals surface area contributed by atoms with Crippen molar-refractivity contribution >= 4 is 29.6 Å². The van der Waals surface area contributed by atoms with E-state index >= 15 is 0 Å². The molecule has 0 fully saturated rings. The van der Waals surface area contributed by atoms with Gasteiger partial charge in [-0.05, 0) is 37.1 Å². The quantitative estimate of drug-likeness (QED) is 0.213. The van der Waals surface area contributed by atoms with Gasteiger partial charge < -0.3 is 19.5 Å². The average molecular weight is 395 g/mol. The molecule has 0 aromatic heterocycles. The van der Waals surface area contributed by atoms with Gasteiger partial charge in [0.1, 0.15) is 5.75 Å². The number of halogens is 1. The minimum Gasteiger partial charge on any atom is -0.428 e. The molecule has 7 nitrogen and oxygen atoms in total. The van der Waals surface area contributed by atoms with Crippen LogP contribution >= 0.6 is 11.6 Å². The molecule has 0 radical (unpaired) electrons. The van der Waals surface area contributed by atoms with E-state index in [2.05, 4.69) is 5.32 Å². The number of hydrogen-bond donors (Lipinski definition) is 1. The molecule has 1 aromatic rings. The van der Waals surface area contributed by atoms with Crippen LogP contribution in [0.25, 0.3) is 0 Å². The van der Waals surface area contributed by atoms with Crippen molar-refractivity contribution in [3.63, 3.8) is 0 Å². The topological polar surface area (TPSA) is 90.9 Å². The van der Waals surface area contributed by atoms with E-state index in [9.17, 15) is 14.4 Å². The Balaban J connectivity index is 0.00000625. The summed E-state index contributed by atoms with van der Waals surface area (Å²) in [5.74, 6) is -0.663. The van der Waals surface area contributed by atoms with Crippen LogP contribution < -0.4 is 39.6 Å². The van der Waals surface area contributed by atoms with Crippen LogP contribution in [0.2, 0.25) is 5.02 Å². The summed E-state index contributed by atoms with van der Waals surface area (Å²) in [5.41, 5.74) is 0. The molecule has 1 amide bonds. The fourth-order valence-corrected chi connectivity index (χ4v) is 1.74. The SMILES string of the molecule is CCC(C)C(=O)OCOC(=O)NCCCC(=O)Oc1ccc(Cl)cc1.[Na+]. The molecular weight excluding hydrogens is 373 g/mol. The van der Waals surface area contributed by atoms with Gasteiger partial charge in [-0.15, -0.1) is 0 Å². The number of nitrogens with one attached hydrogen (secondary N) is 1. The Hall–Kier alpha value is -1.28. The third-order valence-corrected chi connectivity index (χ3v) is 3.53. The van der Waals surface area contributed by atoms with Crippen LogP contribution in [0.1, 0.15) is 33.1 Å². The largest absolute Gasteiger partial charge is 1.00 e. The summed E-state index contributed by atoms with van der Waals surface area (Å²) in [5, 5.41) is 3.00. The zero-order valence-corrected chi connectivity index (χ0v) is 18.0. The number of rotatable bonds is 9. The van der Waals surface area contributed by atoms with Crippen molar-refractivity contribution in [3.05, 3.63) is 29.3 Å². The first-order chi connectivity index (χ1) is 11.9. The van der Waals surface area contributed by atoms with Gasteiger partial charge in [-0.25, -0.2) is 4.79 Å². The molecule has 0 saturated heterocycles. The van der Waals surface area contributed by atoms with Crippen LogP contribution in [0.3, 0.4) is 0 Å². The molecule has 0 saturated carbocycles. The van der Waals surface area contributed by atoms with E-state index in [-0.39, 0.29) is 48.4 Å². The second-order valence-corrected chi connectivity index (χ2v) is 5.72.